The highest BCUT2D eigenvalue weighted by atomic mass is 19.3. The summed E-state index contributed by atoms with van der Waals surface area (Å²) in [5, 5.41) is 2.98. The highest BCUT2D eigenvalue weighted by Crippen LogP contribution is 2.34. The normalized spacial score (nSPS) is 21.9. The van der Waals surface area contributed by atoms with Gasteiger partial charge >= 0.3 is 6.61 Å². The number of carbonyl (C=O) groups is 1. The maximum absolute atomic E-state index is 12.9. The molecule has 0 aliphatic carbocycles. The molecule has 3 aliphatic heterocycles. The second-order valence-electron chi connectivity index (χ2n) is 9.82. The van der Waals surface area contributed by atoms with Gasteiger partial charge in [-0.25, -0.2) is 15.0 Å². The molecule has 9 nitrogen and oxygen atoms in total. The number of aryl methyl sites for hydroxylation is 1. The van der Waals surface area contributed by atoms with Crippen molar-refractivity contribution in [2.24, 2.45) is 0 Å². The van der Waals surface area contributed by atoms with E-state index in [-0.39, 0.29) is 29.4 Å². The second-order valence-corrected chi connectivity index (χ2v) is 9.82. The number of anilines is 1. The number of morpholine rings is 1. The van der Waals surface area contributed by atoms with Crippen LogP contribution in [0.3, 0.4) is 0 Å². The Morgan fingerprint density at radius 2 is 2.00 bits per heavy atom. The largest absolute Gasteiger partial charge is 0.435 e. The molecule has 3 atom stereocenters. The van der Waals surface area contributed by atoms with E-state index in [4.69, 9.17) is 9.72 Å². The summed E-state index contributed by atoms with van der Waals surface area (Å²) in [6.07, 6.45) is 5.71. The lowest BCUT2D eigenvalue weighted by Gasteiger charge is -2.26. The predicted octanol–water partition coefficient (Wildman–Crippen LogP) is 3.95. The molecule has 3 aliphatic rings. The van der Waals surface area contributed by atoms with Crippen LogP contribution in [0.1, 0.15) is 35.1 Å². The van der Waals surface area contributed by atoms with Crippen LogP contribution in [0.15, 0.2) is 54.9 Å². The summed E-state index contributed by atoms with van der Waals surface area (Å²) >= 11 is 0. The van der Waals surface area contributed by atoms with Crippen LogP contribution >= 0.6 is 0 Å². The van der Waals surface area contributed by atoms with Gasteiger partial charge in [-0.2, -0.15) is 8.78 Å². The third-order valence-corrected chi connectivity index (χ3v) is 7.49. The van der Waals surface area contributed by atoms with Crippen molar-refractivity contribution in [1.82, 2.24) is 24.8 Å². The van der Waals surface area contributed by atoms with Crippen LogP contribution in [0, 0.1) is 0 Å². The Morgan fingerprint density at radius 1 is 1.13 bits per heavy atom. The number of hydrogen-bond donors (Lipinski definition) is 1. The third kappa shape index (κ3) is 4.03. The minimum Gasteiger partial charge on any atom is -0.435 e. The van der Waals surface area contributed by atoms with Gasteiger partial charge in [0.1, 0.15) is 11.6 Å². The Bertz CT molecular complexity index is 1530. The molecule has 5 heterocycles. The number of alkyl halides is 2. The van der Waals surface area contributed by atoms with Crippen molar-refractivity contribution in [2.45, 2.75) is 44.2 Å². The van der Waals surface area contributed by atoms with E-state index >= 15 is 0 Å². The number of nitrogens with zero attached hydrogens (tertiary/aromatic N) is 5. The summed E-state index contributed by atoms with van der Waals surface area (Å²) in [6.45, 7) is -0.679. The summed E-state index contributed by atoms with van der Waals surface area (Å²) < 4.78 is 37.3. The number of benzene rings is 2. The monoisotopic (exact) mass is 518 g/mol. The molecular formula is C27H24F2N6O3. The van der Waals surface area contributed by atoms with E-state index in [0.29, 0.717) is 19.0 Å². The van der Waals surface area contributed by atoms with E-state index in [0.717, 1.165) is 53.5 Å². The van der Waals surface area contributed by atoms with Crippen LogP contribution in [0.25, 0.3) is 22.2 Å². The number of nitrogens with one attached hydrogen (secondary N) is 1. The standard InChI is InChI=1S/C27H24F2N6O3/c28-26(29)38-19-3-1-2-16(8-19)25(36)33-22-6-7-34-23-9-15(4-5-21(23)32-24(22)34)17-11-30-27(31-12-17)35-13-20-10-18(35)14-37-20/h1-5,8-9,11-12,18,20,22,26H,6-7,10,13-14H2,(H,33,36)/t18-,20-,22+/m0/s1. The minimum absolute atomic E-state index is 0.0578. The number of hydrogen-bond acceptors (Lipinski definition) is 7. The van der Waals surface area contributed by atoms with Gasteiger partial charge in [-0.15, -0.1) is 0 Å². The van der Waals surface area contributed by atoms with Gasteiger partial charge in [0.2, 0.25) is 5.95 Å². The summed E-state index contributed by atoms with van der Waals surface area (Å²) in [7, 11) is 0. The third-order valence-electron chi connectivity index (χ3n) is 7.49. The number of halogens is 2. The zero-order chi connectivity index (χ0) is 25.8. The number of rotatable bonds is 6. The zero-order valence-electron chi connectivity index (χ0n) is 20.3. The predicted molar refractivity (Wildman–Crippen MR) is 134 cm³/mol. The van der Waals surface area contributed by atoms with E-state index in [1.165, 1.54) is 18.2 Å². The van der Waals surface area contributed by atoms with Crippen molar-refractivity contribution >= 4 is 22.9 Å². The summed E-state index contributed by atoms with van der Waals surface area (Å²) in [5.41, 5.74) is 3.96. The summed E-state index contributed by atoms with van der Waals surface area (Å²) in [6, 6.07) is 11.9. The van der Waals surface area contributed by atoms with Gasteiger partial charge in [0.15, 0.2) is 0 Å². The summed E-state index contributed by atoms with van der Waals surface area (Å²) in [5.74, 6) is 1.08. The number of fused-ring (bicyclic) bond motifs is 5. The van der Waals surface area contributed by atoms with Gasteiger partial charge in [-0.1, -0.05) is 12.1 Å². The first-order chi connectivity index (χ1) is 18.5. The molecular weight excluding hydrogens is 494 g/mol. The van der Waals surface area contributed by atoms with Gasteiger partial charge in [-0.05, 0) is 48.7 Å². The van der Waals surface area contributed by atoms with Crippen molar-refractivity contribution in [3.8, 4) is 16.9 Å². The first-order valence-electron chi connectivity index (χ1n) is 12.6. The average Bonchev–Trinajstić information content (AvgIpc) is 3.71. The van der Waals surface area contributed by atoms with Crippen LogP contribution < -0.4 is 15.0 Å². The molecule has 0 spiro atoms. The SMILES string of the molecule is O=C(N[C@@H]1CCn2c1nc1ccc(-c3cnc(N4C[C@@H]5C[C@H]4CO5)nc3)cc12)c1cccc(OC(F)F)c1. The molecule has 0 radical (unpaired) electrons. The van der Waals surface area contributed by atoms with Crippen LogP contribution in [0.2, 0.25) is 0 Å². The van der Waals surface area contributed by atoms with E-state index < -0.39 is 6.61 Å². The molecule has 2 fully saturated rings. The molecule has 0 saturated carbocycles. The topological polar surface area (TPSA) is 94.4 Å². The van der Waals surface area contributed by atoms with Gasteiger partial charge < -0.3 is 24.3 Å². The van der Waals surface area contributed by atoms with Crippen molar-refractivity contribution in [3.05, 3.63) is 66.2 Å². The van der Waals surface area contributed by atoms with E-state index in [2.05, 4.69) is 35.6 Å². The Morgan fingerprint density at radius 3 is 2.76 bits per heavy atom. The fourth-order valence-corrected chi connectivity index (χ4v) is 5.66. The lowest BCUT2D eigenvalue weighted by atomic mass is 10.1. The first-order valence-corrected chi connectivity index (χ1v) is 12.6. The fraction of sp³-hybridized carbons (Fsp3) is 0.333. The van der Waals surface area contributed by atoms with E-state index in [9.17, 15) is 13.6 Å². The van der Waals surface area contributed by atoms with Crippen LogP contribution in [-0.2, 0) is 11.3 Å². The lowest BCUT2D eigenvalue weighted by Crippen LogP contribution is -2.38. The number of ether oxygens (including phenoxy) is 2. The zero-order valence-corrected chi connectivity index (χ0v) is 20.3. The number of carbonyl (C=O) groups excluding carboxylic acids is 1. The molecule has 38 heavy (non-hydrogen) atoms. The maximum atomic E-state index is 12.9. The van der Waals surface area contributed by atoms with Crippen LogP contribution in [0.4, 0.5) is 14.7 Å². The molecule has 7 rings (SSSR count). The molecule has 2 saturated heterocycles. The molecule has 2 aromatic heterocycles. The van der Waals surface area contributed by atoms with Crippen molar-refractivity contribution in [3.63, 3.8) is 0 Å². The summed E-state index contributed by atoms with van der Waals surface area (Å²) in [4.78, 5) is 29.1. The van der Waals surface area contributed by atoms with Crippen molar-refractivity contribution in [2.75, 3.05) is 18.1 Å². The van der Waals surface area contributed by atoms with E-state index in [1.807, 2.05) is 24.5 Å². The Balaban J connectivity index is 1.10. The number of aromatic nitrogens is 4. The highest BCUT2D eigenvalue weighted by molar-refractivity contribution is 5.95. The van der Waals surface area contributed by atoms with Gasteiger partial charge in [0, 0.05) is 36.6 Å². The van der Waals surface area contributed by atoms with Crippen LogP contribution in [-0.4, -0.2) is 57.3 Å². The van der Waals surface area contributed by atoms with E-state index in [1.54, 1.807) is 6.07 Å². The smallest absolute Gasteiger partial charge is 0.387 e. The first kappa shape index (κ1) is 23.0. The van der Waals surface area contributed by atoms with Crippen LogP contribution in [0.5, 0.6) is 5.75 Å². The molecule has 4 aromatic rings. The minimum atomic E-state index is -2.95. The molecule has 1 amide bonds. The van der Waals surface area contributed by atoms with Crippen molar-refractivity contribution in [1.29, 1.82) is 0 Å². The molecule has 0 unspecified atom stereocenters. The Hall–Kier alpha value is -4.12. The maximum Gasteiger partial charge on any atom is 0.387 e. The van der Waals surface area contributed by atoms with Gasteiger partial charge in [0.05, 0.1) is 35.8 Å². The quantitative estimate of drug-likeness (QED) is 0.413. The van der Waals surface area contributed by atoms with Crippen molar-refractivity contribution < 1.29 is 23.0 Å². The molecule has 2 bridgehead atoms. The van der Waals surface area contributed by atoms with Gasteiger partial charge in [-0.3, -0.25) is 4.79 Å². The second kappa shape index (κ2) is 9.02. The van der Waals surface area contributed by atoms with Gasteiger partial charge in [0.25, 0.3) is 5.91 Å². The molecule has 1 N–H and O–H groups in total. The number of imidazole rings is 1. The molecule has 2 aromatic carbocycles. The number of amides is 1. The molecule has 11 heteroatoms. The Kier molecular flexibility index (Phi) is 5.46. The Labute approximate surface area is 216 Å². The highest BCUT2D eigenvalue weighted by Gasteiger charge is 2.40. The fourth-order valence-electron chi connectivity index (χ4n) is 5.66. The average molecular weight is 519 g/mol. The molecule has 194 valence electrons. The lowest BCUT2D eigenvalue weighted by molar-refractivity contribution is -0.0498.